The molecule has 0 spiro atoms. The Kier molecular flexibility index (Phi) is 9.06. The van der Waals surface area contributed by atoms with Crippen LogP contribution in [0.5, 0.6) is 5.75 Å². The van der Waals surface area contributed by atoms with E-state index in [9.17, 15) is 5.11 Å². The molecule has 204 valence electrons. The molecule has 2 aliphatic rings. The van der Waals surface area contributed by atoms with Crippen molar-refractivity contribution in [2.45, 2.75) is 115 Å². The Morgan fingerprint density at radius 3 is 2.17 bits per heavy atom. The Labute approximate surface area is 221 Å². The highest BCUT2D eigenvalue weighted by Crippen LogP contribution is 2.48. The monoisotopic (exact) mass is 534 g/mol. The quantitative estimate of drug-likeness (QED) is 0.269. The average molecular weight is 535 g/mol. The number of rotatable bonds is 9. The highest BCUT2D eigenvalue weighted by molar-refractivity contribution is 6.74. The van der Waals surface area contributed by atoms with Crippen molar-refractivity contribution in [1.82, 2.24) is 0 Å². The third-order valence-electron chi connectivity index (χ3n) is 8.88. The Bertz CT molecular complexity index is 872. The van der Waals surface area contributed by atoms with Gasteiger partial charge in [0, 0.05) is 12.3 Å². The first-order chi connectivity index (χ1) is 16.5. The van der Waals surface area contributed by atoms with Gasteiger partial charge in [0.25, 0.3) is 0 Å². The van der Waals surface area contributed by atoms with Crippen LogP contribution < -0.4 is 4.74 Å². The summed E-state index contributed by atoms with van der Waals surface area (Å²) in [6.45, 7) is 23.3. The van der Waals surface area contributed by atoms with Crippen LogP contribution in [0, 0.1) is 11.8 Å². The van der Waals surface area contributed by atoms with E-state index in [1.807, 2.05) is 30.3 Å². The number of benzene rings is 1. The predicted octanol–water partition coefficient (Wildman–Crippen LogP) is 7.15. The molecule has 6 atom stereocenters. The van der Waals surface area contributed by atoms with E-state index in [1.54, 1.807) is 0 Å². The molecule has 1 heterocycles. The summed E-state index contributed by atoms with van der Waals surface area (Å²) in [5.74, 6) is 1.29. The first-order valence-corrected chi connectivity index (χ1v) is 19.4. The third-order valence-corrected chi connectivity index (χ3v) is 17.9. The molecule has 1 aromatic rings. The van der Waals surface area contributed by atoms with Crippen LogP contribution in [0.3, 0.4) is 0 Å². The van der Waals surface area contributed by atoms with Crippen LogP contribution in [0.2, 0.25) is 36.3 Å². The maximum absolute atomic E-state index is 10.2. The molecule has 1 saturated heterocycles. The summed E-state index contributed by atoms with van der Waals surface area (Å²) >= 11 is 0. The number of aliphatic hydroxyl groups excluding tert-OH is 1. The van der Waals surface area contributed by atoms with Crippen molar-refractivity contribution in [3.8, 4) is 5.75 Å². The molecule has 3 rings (SSSR count). The van der Waals surface area contributed by atoms with Gasteiger partial charge in [-0.2, -0.15) is 0 Å². The Hall–Kier alpha value is -0.966. The normalized spacial score (nSPS) is 28.5. The summed E-state index contributed by atoms with van der Waals surface area (Å²) in [4.78, 5) is 0. The molecular formula is C29H50O5Si2. The molecule has 1 aromatic carbocycles. The fraction of sp³-hybridized carbons (Fsp3) is 0.724. The lowest BCUT2D eigenvalue weighted by atomic mass is 9.91. The summed E-state index contributed by atoms with van der Waals surface area (Å²) in [5.41, 5.74) is 0. The van der Waals surface area contributed by atoms with Gasteiger partial charge >= 0.3 is 0 Å². The van der Waals surface area contributed by atoms with Gasteiger partial charge in [-0.25, -0.2) is 0 Å². The van der Waals surface area contributed by atoms with Gasteiger partial charge in [0.15, 0.2) is 22.9 Å². The van der Waals surface area contributed by atoms with E-state index in [0.717, 1.165) is 12.2 Å². The van der Waals surface area contributed by atoms with Crippen molar-refractivity contribution in [2.75, 3.05) is 6.61 Å². The van der Waals surface area contributed by atoms with Crippen molar-refractivity contribution in [3.63, 3.8) is 0 Å². The molecular weight excluding hydrogens is 484 g/mol. The van der Waals surface area contributed by atoms with Crippen LogP contribution in [0.4, 0.5) is 0 Å². The van der Waals surface area contributed by atoms with Gasteiger partial charge in [0.05, 0.1) is 18.3 Å². The lowest BCUT2D eigenvalue weighted by molar-refractivity contribution is -0.0945. The maximum Gasteiger partial charge on any atom is 0.193 e. The van der Waals surface area contributed by atoms with Gasteiger partial charge in [-0.15, -0.1) is 0 Å². The third kappa shape index (κ3) is 7.11. The average Bonchev–Trinajstić information content (AvgIpc) is 3.24. The minimum absolute atomic E-state index is 0.0461. The molecule has 2 fully saturated rings. The number of hydrogen-bond acceptors (Lipinski definition) is 5. The summed E-state index contributed by atoms with van der Waals surface area (Å²) in [5, 5.41) is 10.4. The molecule has 0 amide bonds. The predicted molar refractivity (Wildman–Crippen MR) is 152 cm³/mol. The second kappa shape index (κ2) is 11.0. The van der Waals surface area contributed by atoms with Gasteiger partial charge in [0.2, 0.25) is 0 Å². The lowest BCUT2D eigenvalue weighted by Gasteiger charge is -2.40. The smallest absolute Gasteiger partial charge is 0.193 e. The zero-order valence-corrected chi connectivity index (χ0v) is 26.2. The number of ether oxygens (including phenoxy) is 2. The molecule has 1 unspecified atom stereocenters. The van der Waals surface area contributed by atoms with Crippen LogP contribution in [0.25, 0.3) is 0 Å². The lowest BCUT2D eigenvalue weighted by Crippen LogP contribution is -2.45. The van der Waals surface area contributed by atoms with Gasteiger partial charge in [-0.3, -0.25) is 0 Å². The van der Waals surface area contributed by atoms with Crippen molar-refractivity contribution in [1.29, 1.82) is 0 Å². The molecule has 0 radical (unpaired) electrons. The van der Waals surface area contributed by atoms with E-state index < -0.39 is 22.9 Å². The van der Waals surface area contributed by atoms with E-state index >= 15 is 0 Å². The number of hydrogen-bond donors (Lipinski definition) is 1. The SMILES string of the molecule is CC(C)(C)[Si](C)(C)O[C@H](/C=C/[C@@H]1[C@H]2CC(O)O[C@H]2C[C@H]1O[Si](C)(C)C(C)(C)C)COc1ccccc1. The molecule has 0 bridgehead atoms. The number of aliphatic hydroxyl groups is 1. The Morgan fingerprint density at radius 2 is 1.58 bits per heavy atom. The highest BCUT2D eigenvalue weighted by atomic mass is 28.4. The van der Waals surface area contributed by atoms with Crippen molar-refractivity contribution in [3.05, 3.63) is 42.5 Å². The van der Waals surface area contributed by atoms with Crippen LogP contribution in [-0.2, 0) is 13.6 Å². The topological polar surface area (TPSA) is 57.2 Å². The summed E-state index contributed by atoms with van der Waals surface area (Å²) in [6.07, 6.45) is 5.27. The molecule has 1 N–H and O–H groups in total. The van der Waals surface area contributed by atoms with Crippen molar-refractivity contribution < 1.29 is 23.4 Å². The molecule has 1 saturated carbocycles. The van der Waals surface area contributed by atoms with E-state index in [2.05, 4.69) is 79.9 Å². The fourth-order valence-corrected chi connectivity index (χ4v) is 7.24. The first-order valence-electron chi connectivity index (χ1n) is 13.6. The molecule has 1 aliphatic carbocycles. The van der Waals surface area contributed by atoms with Crippen LogP contribution >= 0.6 is 0 Å². The van der Waals surface area contributed by atoms with Crippen LogP contribution in [0.15, 0.2) is 42.5 Å². The maximum atomic E-state index is 10.2. The second-order valence-corrected chi connectivity index (χ2v) is 23.2. The van der Waals surface area contributed by atoms with Gasteiger partial charge in [-0.05, 0) is 60.7 Å². The number of para-hydroxylation sites is 1. The first kappa shape index (κ1) is 29.6. The minimum Gasteiger partial charge on any atom is -0.491 e. The molecule has 1 aliphatic heterocycles. The largest absolute Gasteiger partial charge is 0.491 e. The molecule has 36 heavy (non-hydrogen) atoms. The van der Waals surface area contributed by atoms with Crippen LogP contribution in [-0.4, -0.2) is 53.0 Å². The van der Waals surface area contributed by atoms with Crippen molar-refractivity contribution in [2.24, 2.45) is 11.8 Å². The molecule has 7 heteroatoms. The van der Waals surface area contributed by atoms with E-state index in [4.69, 9.17) is 18.3 Å². The van der Waals surface area contributed by atoms with Crippen LogP contribution in [0.1, 0.15) is 54.4 Å². The van der Waals surface area contributed by atoms with Gasteiger partial charge < -0.3 is 23.4 Å². The summed E-state index contributed by atoms with van der Waals surface area (Å²) in [7, 11) is -3.98. The zero-order chi connectivity index (χ0) is 26.9. The Morgan fingerprint density at radius 1 is 0.972 bits per heavy atom. The Balaban J connectivity index is 1.83. The van der Waals surface area contributed by atoms with Crippen molar-refractivity contribution >= 4 is 16.6 Å². The van der Waals surface area contributed by atoms with Gasteiger partial charge in [0.1, 0.15) is 12.4 Å². The summed E-state index contributed by atoms with van der Waals surface area (Å²) in [6, 6.07) is 9.93. The highest BCUT2D eigenvalue weighted by Gasteiger charge is 2.51. The molecule has 0 aromatic heterocycles. The fourth-order valence-electron chi connectivity index (χ4n) is 4.62. The van der Waals surface area contributed by atoms with Gasteiger partial charge in [-0.1, -0.05) is 71.9 Å². The van der Waals surface area contributed by atoms with E-state index in [0.29, 0.717) is 13.0 Å². The zero-order valence-electron chi connectivity index (χ0n) is 24.2. The van der Waals surface area contributed by atoms with E-state index in [1.165, 1.54) is 0 Å². The second-order valence-electron chi connectivity index (χ2n) is 13.7. The minimum atomic E-state index is -2.02. The standard InChI is InChI=1S/C29H50O5Si2/c1-28(2,3)35(7,8)33-22(20-31-21-14-12-11-13-15-21)16-17-23-24-18-27(30)32-25(24)19-26(23)34-36(9,10)29(4,5)6/h11-17,22-27,30H,18-20H2,1-10H3/b17-16+/t22-,23-,24-,25+,26-,27?/m1/s1. The molecule has 5 nitrogen and oxygen atoms in total. The van der Waals surface area contributed by atoms with E-state index in [-0.39, 0.29) is 40.2 Å². The summed E-state index contributed by atoms with van der Waals surface area (Å²) < 4.78 is 25.8. The number of fused-ring (bicyclic) bond motifs is 1.